The highest BCUT2D eigenvalue weighted by atomic mass is 35.5. The Morgan fingerprint density at radius 1 is 0.333 bits per heavy atom. The van der Waals surface area contributed by atoms with Crippen molar-refractivity contribution in [3.8, 4) is 46.0 Å². The van der Waals surface area contributed by atoms with Gasteiger partial charge in [0.1, 0.15) is 116 Å². The summed E-state index contributed by atoms with van der Waals surface area (Å²) in [5.41, 5.74) is 12.0. The molecule has 11 aromatic rings. The number of rotatable bonds is 37. The van der Waals surface area contributed by atoms with E-state index in [-0.39, 0.29) is 130 Å². The van der Waals surface area contributed by atoms with E-state index in [9.17, 15) is 40.9 Å². The zero-order valence-electron chi connectivity index (χ0n) is 89.2. The molecule has 0 atom stereocenters. The second-order valence-corrected chi connectivity index (χ2v) is 37.1. The average molecular weight is 2190 g/mol. The molecule has 0 amide bonds. The van der Waals surface area contributed by atoms with E-state index in [4.69, 9.17) is 25.2 Å². The Kier molecular flexibility index (Phi) is 70.1. The van der Waals surface area contributed by atoms with Crippen LogP contribution >= 0.6 is 0 Å². The summed E-state index contributed by atoms with van der Waals surface area (Å²) in [5, 5.41) is 112. The van der Waals surface area contributed by atoms with Gasteiger partial charge in [-0.2, -0.15) is 0 Å². The van der Waals surface area contributed by atoms with E-state index in [1.807, 2.05) is 252 Å². The number of halogens is 6. The fraction of sp³-hybridized carbons (Fsp3) is 0.430. The number of likely N-dealkylation sites (N-methyl/N-ethyl adjacent to an activating group) is 1. The van der Waals surface area contributed by atoms with Gasteiger partial charge in [-0.25, -0.2) is 32.0 Å². The van der Waals surface area contributed by atoms with Crippen LogP contribution in [0.25, 0.3) is 0 Å². The molecule has 30 nitrogen and oxygen atoms in total. The summed E-state index contributed by atoms with van der Waals surface area (Å²) in [6.45, 7) is 30.1. The van der Waals surface area contributed by atoms with Gasteiger partial charge < -0.3 is 155 Å². The van der Waals surface area contributed by atoms with Gasteiger partial charge in [-0.05, 0) is 255 Å². The molecule has 824 valence electrons. The lowest BCUT2D eigenvalue weighted by Crippen LogP contribution is -3.00. The molecule has 3 aliphatic heterocycles. The maximum atomic E-state index is 10.0. The maximum absolute atomic E-state index is 10.0. The van der Waals surface area contributed by atoms with Gasteiger partial charge in [0.25, 0.3) is 0 Å². The SMILES string of the molecule is CCc1ccc(O)c(C=NC(C)(C)CO)c1.CCc1ccc(O)c(C=NCCN2CCCCC2)c1.CCc1ccc(O)c(C=NCCO)c1.COc1ccccc1C=[N+](C)CCO.C[n+]1ccn(Cc2ccc(O)c(C=NC(C)(C)CO)c2)c1.C[n+]1ccn(Cc2ccc(O)c(C=NCCN3CCCCC3)c2)c1.C[n+]1ccn(Cc2ccc(O)c(C=NCCO)c2)c1.Oc1ccccc1C=NCCN1CCCCC1.[Cl-].[Cl-].[Cl-].[Cl-].[Cl-].[Cl-]. The molecule has 8 aromatic carbocycles. The van der Waals surface area contributed by atoms with E-state index in [0.29, 0.717) is 59.1 Å². The first-order valence-electron chi connectivity index (χ1n) is 50.2. The van der Waals surface area contributed by atoms with Gasteiger partial charge in [0.05, 0.1) is 104 Å². The van der Waals surface area contributed by atoms with Gasteiger partial charge in [-0.3, -0.25) is 34.9 Å². The van der Waals surface area contributed by atoms with Gasteiger partial charge in [0.2, 0.25) is 19.0 Å². The number of hydrogen-bond acceptors (Lipinski definition) is 23. The van der Waals surface area contributed by atoms with Crippen molar-refractivity contribution in [1.82, 2.24) is 28.4 Å². The smallest absolute Gasteiger partial charge is 0.243 e. The highest BCUT2D eigenvalue weighted by molar-refractivity contribution is 5.87. The van der Waals surface area contributed by atoms with Crippen molar-refractivity contribution < 1.29 is 159 Å². The summed E-state index contributed by atoms with van der Waals surface area (Å²) in [4.78, 5) is 37.3. The summed E-state index contributed by atoms with van der Waals surface area (Å²) in [7, 11) is 9.53. The van der Waals surface area contributed by atoms with Crippen LogP contribution in [-0.2, 0) is 60.0 Å². The number of piperidine rings is 3. The number of aliphatic hydroxyl groups is 5. The number of phenolic OH excluding ortho intramolecular Hbond substituents is 7. The Labute approximate surface area is 926 Å². The predicted octanol–water partition coefficient (Wildman–Crippen LogP) is -4.86. The number of ether oxygens (including phenoxy) is 1. The number of imidazole rings is 3. The molecular weight excluding hydrogens is 2030 g/mol. The number of aromatic nitrogens is 6. The molecule has 3 aliphatic rings. The van der Waals surface area contributed by atoms with Gasteiger partial charge in [-0.1, -0.05) is 101 Å². The molecular formula is C114H161Cl6N17O13-2. The van der Waals surface area contributed by atoms with Crippen molar-refractivity contribution in [2.75, 3.05) is 145 Å². The molecule has 14 rings (SSSR count). The summed E-state index contributed by atoms with van der Waals surface area (Å²) >= 11 is 0. The van der Waals surface area contributed by atoms with Crippen LogP contribution in [0.3, 0.4) is 0 Å². The van der Waals surface area contributed by atoms with Crippen molar-refractivity contribution in [2.24, 2.45) is 56.1 Å². The number of phenols is 7. The van der Waals surface area contributed by atoms with Crippen molar-refractivity contribution in [3.05, 3.63) is 292 Å². The Morgan fingerprint density at radius 2 is 0.600 bits per heavy atom. The Hall–Kier alpha value is -11.4. The Balaban J connectivity index is 0.000000857. The molecule has 3 saturated heterocycles. The second kappa shape index (κ2) is 77.0. The number of methoxy groups -OCH3 is 1. The lowest BCUT2D eigenvalue weighted by molar-refractivity contribution is -0.671. The predicted molar refractivity (Wildman–Crippen MR) is 580 cm³/mol. The minimum atomic E-state index is -0.545. The molecule has 150 heavy (non-hydrogen) atoms. The van der Waals surface area contributed by atoms with Crippen molar-refractivity contribution in [3.63, 3.8) is 0 Å². The standard InChI is InChI=1S/C19H26N4O.C16H21N3O2.C16H24N2O.C14H17N3O2.C14H20N2O.C13H19NO2.C11H16NO2.C11H15NO2.6ClH/c1-21-11-12-23(16-21)15-17-5-6-19(24)18(13-17)14-20-7-10-22-8-3-2-4-9-22;1-16(2,11-20)17-9-14-8-13(4-5-15(14)21)10-19-7-6-18(3)12-19;1-2-14-6-7-16(19)15(12-14)13-17-8-11-18-9-4-3-5-10-18;1-16-5-6-17(11-16)10-12-2-3-14(19)13(8-12)9-15-4-7-18;17-14-7-3-2-6-13(14)12-15-8-11-16-9-4-1-5-10-16;1-4-10-5-6-12(16)11(7-10)8-14-13(2,3)9-15;1-12(7-8-13)9-10-5-3-4-6-11(10)14-2;1-2-9-3-4-11(14)10(7-9)8-12-5-6-13;;;;;;/h5-6,11-14,16H,2-4,7-10,15H2,1H3;4-9,12,20H,10-11H2,1-3H3;6-7,12-13,19H,2-5,8-11H2,1H3;2-3,5-6,8-9,11,18H,4,7,10H2,1H3;2-3,6-7,12,17H,1,4-5,8-11H2;5-8,15-16H,4,9H2,1-3H3;3-6,9,13H,7-8H2,1-2H3;3-4,7-8,13-14H,2,5-6H2,1H3;6*1H/q;;;;;;+1;;;;;;;/p-3. The number of benzene rings is 8. The third kappa shape index (κ3) is 54.0. The van der Waals surface area contributed by atoms with Crippen molar-refractivity contribution >= 4 is 49.7 Å². The third-order valence-electron chi connectivity index (χ3n) is 23.7. The third-order valence-corrected chi connectivity index (χ3v) is 23.7. The summed E-state index contributed by atoms with van der Waals surface area (Å²) in [6.07, 6.45) is 46.6. The van der Waals surface area contributed by atoms with Crippen LogP contribution in [-0.4, -0.2) is 300 Å². The van der Waals surface area contributed by atoms with Gasteiger partial charge in [0, 0.05) is 102 Å². The number of nitrogens with zero attached hydrogens (tertiary/aromatic N) is 17. The van der Waals surface area contributed by atoms with Crippen LogP contribution in [0.2, 0.25) is 0 Å². The number of para-hydroxylation sites is 2. The summed E-state index contributed by atoms with van der Waals surface area (Å²) in [5.74, 6) is 2.58. The summed E-state index contributed by atoms with van der Waals surface area (Å²) in [6, 6.07) is 48.4. The van der Waals surface area contributed by atoms with E-state index < -0.39 is 11.1 Å². The molecule has 0 unspecified atom stereocenters. The van der Waals surface area contributed by atoms with E-state index in [1.165, 1.54) is 103 Å². The normalized spacial score (nSPS) is 13.3. The zero-order chi connectivity index (χ0) is 104. The number of aliphatic imine (C=N–C) groups is 7. The quantitative estimate of drug-likeness (QED) is 0.0128. The first-order chi connectivity index (χ1) is 69.5. The highest BCUT2D eigenvalue weighted by Gasteiger charge is 2.19. The molecule has 6 heterocycles. The van der Waals surface area contributed by atoms with E-state index in [1.54, 1.807) is 93.1 Å². The number of likely N-dealkylation sites (tertiary alicyclic amines) is 3. The molecule has 3 fully saturated rings. The molecule has 0 saturated carbocycles. The monoisotopic (exact) mass is 2190 g/mol. The van der Waals surface area contributed by atoms with Crippen molar-refractivity contribution in [2.45, 2.75) is 156 Å². The van der Waals surface area contributed by atoms with E-state index >= 15 is 0 Å². The Bertz CT molecular complexity index is 5830. The molecule has 0 bridgehead atoms. The van der Waals surface area contributed by atoms with E-state index in [0.717, 1.165) is 134 Å². The first kappa shape index (κ1) is 137. The second-order valence-electron chi connectivity index (χ2n) is 37.1. The molecule has 36 heteroatoms. The van der Waals surface area contributed by atoms with Crippen LogP contribution in [0.5, 0.6) is 46.0 Å². The van der Waals surface area contributed by atoms with Crippen LogP contribution in [0.1, 0.15) is 184 Å². The number of aryl methyl sites for hydroxylation is 6. The topological polar surface area (TPSA) is 378 Å². The minimum absolute atomic E-state index is 0. The van der Waals surface area contributed by atoms with E-state index in [2.05, 4.69) is 84.1 Å². The van der Waals surface area contributed by atoms with Crippen LogP contribution in [0, 0.1) is 0 Å². The number of aliphatic hydroxyl groups excluding tert-OH is 5. The highest BCUT2D eigenvalue weighted by Crippen LogP contribution is 2.26. The van der Waals surface area contributed by atoms with Gasteiger partial charge >= 0.3 is 0 Å². The van der Waals surface area contributed by atoms with Gasteiger partial charge in [0.15, 0.2) is 12.8 Å². The molecule has 0 spiro atoms. The number of aromatic hydroxyl groups is 7. The molecule has 3 aromatic heterocycles. The van der Waals surface area contributed by atoms with Crippen molar-refractivity contribution in [1.29, 1.82) is 0 Å². The number of hydrogen-bond donors (Lipinski definition) is 12. The van der Waals surface area contributed by atoms with Crippen LogP contribution < -0.4 is 92.9 Å². The largest absolute Gasteiger partial charge is 1.00 e. The molecule has 12 N–H and O–H groups in total. The molecule has 0 aliphatic carbocycles. The fourth-order valence-corrected chi connectivity index (χ4v) is 15.1. The maximum Gasteiger partial charge on any atom is 0.243 e. The lowest BCUT2D eigenvalue weighted by atomic mass is 10.1. The summed E-state index contributed by atoms with van der Waals surface area (Å²) < 4.78 is 19.3. The zero-order valence-corrected chi connectivity index (χ0v) is 93.8. The minimum Gasteiger partial charge on any atom is -1.00 e. The average Bonchev–Trinajstić information content (AvgIpc) is 1.72. The van der Waals surface area contributed by atoms with Gasteiger partial charge in [-0.15, -0.1) is 0 Å². The van der Waals surface area contributed by atoms with Crippen LogP contribution in [0.15, 0.2) is 249 Å². The first-order valence-corrected chi connectivity index (χ1v) is 50.2. The lowest BCUT2D eigenvalue weighted by Gasteiger charge is -2.25. The Morgan fingerprint density at radius 3 is 0.873 bits per heavy atom. The van der Waals surface area contributed by atoms with Crippen LogP contribution in [0.4, 0.5) is 0 Å². The molecule has 0 radical (unpaired) electrons. The fourth-order valence-electron chi connectivity index (χ4n) is 15.1.